The van der Waals surface area contributed by atoms with Crippen molar-refractivity contribution in [2.45, 2.75) is 5.88 Å². The van der Waals surface area contributed by atoms with Crippen LogP contribution < -0.4 is 4.90 Å². The van der Waals surface area contributed by atoms with Crippen LogP contribution in [0.4, 0.5) is 21.5 Å². The van der Waals surface area contributed by atoms with Gasteiger partial charge >= 0.3 is 0 Å². The molecule has 0 aliphatic carbocycles. The second-order valence-electron chi connectivity index (χ2n) is 4.21. The molecule has 0 saturated heterocycles. The molecule has 0 heterocycles. The second-order valence-corrected chi connectivity index (χ2v) is 4.48. The first-order valence-electron chi connectivity index (χ1n) is 5.86. The van der Waals surface area contributed by atoms with Crippen LogP contribution in [0.3, 0.4) is 0 Å². The van der Waals surface area contributed by atoms with Crippen LogP contribution in [0.2, 0.25) is 0 Å². The first-order valence-corrected chi connectivity index (χ1v) is 6.39. The van der Waals surface area contributed by atoms with Gasteiger partial charge in [0.2, 0.25) is 0 Å². The average Bonchev–Trinajstić information content (AvgIpc) is 2.46. The second kappa shape index (κ2) is 5.88. The molecule has 4 nitrogen and oxygen atoms in total. The first-order chi connectivity index (χ1) is 9.54. The van der Waals surface area contributed by atoms with E-state index in [1.165, 1.54) is 18.2 Å². The van der Waals surface area contributed by atoms with Crippen LogP contribution in [0.25, 0.3) is 0 Å². The van der Waals surface area contributed by atoms with Gasteiger partial charge in [0, 0.05) is 30.7 Å². The summed E-state index contributed by atoms with van der Waals surface area (Å²) in [7, 11) is 1.69. The fourth-order valence-corrected chi connectivity index (χ4v) is 2.19. The Morgan fingerprint density at radius 2 is 1.95 bits per heavy atom. The number of nitro benzene ring substituents is 1. The molecule has 0 bridgehead atoms. The maximum Gasteiger partial charge on any atom is 0.269 e. The molecule has 2 aromatic carbocycles. The number of nitro groups is 1. The van der Waals surface area contributed by atoms with Crippen molar-refractivity contribution in [3.05, 3.63) is 64.0 Å². The van der Waals surface area contributed by atoms with E-state index in [9.17, 15) is 14.5 Å². The zero-order valence-corrected chi connectivity index (χ0v) is 11.5. The summed E-state index contributed by atoms with van der Waals surface area (Å²) in [4.78, 5) is 11.9. The molecule has 104 valence electrons. The number of anilines is 2. The van der Waals surface area contributed by atoms with Crippen LogP contribution in [0.1, 0.15) is 5.56 Å². The van der Waals surface area contributed by atoms with Gasteiger partial charge in [-0.15, -0.1) is 11.6 Å². The summed E-state index contributed by atoms with van der Waals surface area (Å²) in [6.45, 7) is 0. The van der Waals surface area contributed by atoms with E-state index in [2.05, 4.69) is 0 Å². The number of nitrogens with zero attached hydrogens (tertiary/aromatic N) is 2. The smallest absolute Gasteiger partial charge is 0.269 e. The SMILES string of the molecule is CN(c1ccccc1F)c1ccc([N+](=O)[O-])cc1CCl. The standard InChI is InChI=1S/C14H12ClFN2O2/c1-17(14-5-3-2-4-12(14)16)13-7-6-11(18(19)20)8-10(13)9-15/h2-8H,9H2,1H3. The zero-order chi connectivity index (χ0) is 14.7. The molecule has 6 heteroatoms. The summed E-state index contributed by atoms with van der Waals surface area (Å²) in [5.74, 6) is -0.260. The summed E-state index contributed by atoms with van der Waals surface area (Å²) in [6, 6.07) is 10.7. The van der Waals surface area contributed by atoms with Crippen molar-refractivity contribution in [2.24, 2.45) is 0 Å². The van der Waals surface area contributed by atoms with Gasteiger partial charge in [-0.2, -0.15) is 0 Å². The number of rotatable bonds is 4. The van der Waals surface area contributed by atoms with Crippen LogP contribution in [0.5, 0.6) is 0 Å². The molecule has 0 saturated carbocycles. The van der Waals surface area contributed by atoms with E-state index in [4.69, 9.17) is 11.6 Å². The van der Waals surface area contributed by atoms with Crippen LogP contribution in [-0.2, 0) is 5.88 Å². The van der Waals surface area contributed by atoms with E-state index < -0.39 is 4.92 Å². The predicted octanol–water partition coefficient (Wildman–Crippen LogP) is 4.24. The van der Waals surface area contributed by atoms with Crippen molar-refractivity contribution in [2.75, 3.05) is 11.9 Å². The molecule has 0 spiro atoms. The fraction of sp³-hybridized carbons (Fsp3) is 0.143. The molecule has 2 rings (SSSR count). The summed E-state index contributed by atoms with van der Waals surface area (Å²) in [5.41, 5.74) is 1.56. The summed E-state index contributed by atoms with van der Waals surface area (Å²) < 4.78 is 13.8. The molecule has 0 N–H and O–H groups in total. The summed E-state index contributed by atoms with van der Waals surface area (Å²) in [5, 5.41) is 10.8. The van der Waals surface area contributed by atoms with E-state index in [0.29, 0.717) is 16.9 Å². The largest absolute Gasteiger partial charge is 0.342 e. The van der Waals surface area contributed by atoms with Crippen molar-refractivity contribution >= 4 is 28.7 Å². The Hall–Kier alpha value is -2.14. The van der Waals surface area contributed by atoms with Gasteiger partial charge in [-0.1, -0.05) is 12.1 Å². The van der Waals surface area contributed by atoms with Gasteiger partial charge in [0.05, 0.1) is 10.6 Å². The molecule has 20 heavy (non-hydrogen) atoms. The van der Waals surface area contributed by atoms with Crippen LogP contribution >= 0.6 is 11.6 Å². The van der Waals surface area contributed by atoms with Crippen molar-refractivity contribution in [1.82, 2.24) is 0 Å². The Balaban J connectivity index is 2.47. The minimum absolute atomic E-state index is 0.0358. The maximum absolute atomic E-state index is 13.8. The number of hydrogen-bond acceptors (Lipinski definition) is 3. The van der Waals surface area contributed by atoms with E-state index >= 15 is 0 Å². The van der Waals surface area contributed by atoms with Gasteiger partial charge in [0.25, 0.3) is 5.69 Å². The Bertz CT molecular complexity index is 649. The van der Waals surface area contributed by atoms with E-state index in [0.717, 1.165) is 0 Å². The number of halogens is 2. The van der Waals surface area contributed by atoms with Crippen molar-refractivity contribution in [3.8, 4) is 0 Å². The molecular formula is C14H12ClFN2O2. The van der Waals surface area contributed by atoms with Crippen molar-refractivity contribution in [3.63, 3.8) is 0 Å². The Kier molecular flexibility index (Phi) is 4.20. The van der Waals surface area contributed by atoms with Crippen molar-refractivity contribution in [1.29, 1.82) is 0 Å². The number of hydrogen-bond donors (Lipinski definition) is 0. The third kappa shape index (κ3) is 2.72. The molecule has 0 fully saturated rings. The predicted molar refractivity (Wildman–Crippen MR) is 77.1 cm³/mol. The number of non-ortho nitro benzene ring substituents is 1. The molecule has 0 aliphatic rings. The Morgan fingerprint density at radius 3 is 2.55 bits per heavy atom. The first kappa shape index (κ1) is 14.3. The summed E-state index contributed by atoms with van der Waals surface area (Å²) >= 11 is 5.84. The molecule has 0 aromatic heterocycles. The zero-order valence-electron chi connectivity index (χ0n) is 10.7. The lowest BCUT2D eigenvalue weighted by atomic mass is 10.1. The monoisotopic (exact) mass is 294 g/mol. The van der Waals surface area contributed by atoms with Gasteiger partial charge in [-0.3, -0.25) is 10.1 Å². The average molecular weight is 295 g/mol. The minimum atomic E-state index is -0.483. The highest BCUT2D eigenvalue weighted by atomic mass is 35.5. The number of alkyl halides is 1. The highest BCUT2D eigenvalue weighted by Gasteiger charge is 2.15. The molecule has 0 unspecified atom stereocenters. The highest BCUT2D eigenvalue weighted by molar-refractivity contribution is 6.17. The third-order valence-electron chi connectivity index (χ3n) is 2.99. The third-order valence-corrected chi connectivity index (χ3v) is 3.28. The maximum atomic E-state index is 13.8. The molecule has 2 aromatic rings. The molecular weight excluding hydrogens is 283 g/mol. The summed E-state index contributed by atoms with van der Waals surface area (Å²) in [6.07, 6.45) is 0. The Labute approximate surface area is 120 Å². The molecule has 0 atom stereocenters. The van der Waals surface area contributed by atoms with Gasteiger partial charge in [-0.05, 0) is 23.8 Å². The van der Waals surface area contributed by atoms with Crippen LogP contribution in [0.15, 0.2) is 42.5 Å². The Morgan fingerprint density at radius 1 is 1.25 bits per heavy atom. The normalized spacial score (nSPS) is 10.3. The number of para-hydroxylation sites is 1. The van der Waals surface area contributed by atoms with Gasteiger partial charge in [-0.25, -0.2) is 4.39 Å². The van der Waals surface area contributed by atoms with Gasteiger partial charge in [0.15, 0.2) is 0 Å². The molecule has 0 amide bonds. The van der Waals surface area contributed by atoms with Crippen LogP contribution in [0, 0.1) is 15.9 Å². The lowest BCUT2D eigenvalue weighted by Gasteiger charge is -2.22. The molecule has 0 aliphatic heterocycles. The van der Waals surface area contributed by atoms with Crippen molar-refractivity contribution < 1.29 is 9.31 Å². The fourth-order valence-electron chi connectivity index (χ4n) is 1.97. The minimum Gasteiger partial charge on any atom is -0.342 e. The quantitative estimate of drug-likeness (QED) is 0.481. The van der Waals surface area contributed by atoms with Gasteiger partial charge in [0.1, 0.15) is 5.82 Å². The number of benzene rings is 2. The molecule has 0 radical (unpaired) electrons. The van der Waals surface area contributed by atoms with E-state index in [1.807, 2.05) is 0 Å². The van der Waals surface area contributed by atoms with Crippen LogP contribution in [-0.4, -0.2) is 12.0 Å². The lowest BCUT2D eigenvalue weighted by molar-refractivity contribution is -0.384. The van der Waals surface area contributed by atoms with Gasteiger partial charge < -0.3 is 4.90 Å². The lowest BCUT2D eigenvalue weighted by Crippen LogP contribution is -2.13. The van der Waals surface area contributed by atoms with E-state index in [-0.39, 0.29) is 17.4 Å². The topological polar surface area (TPSA) is 46.4 Å². The highest BCUT2D eigenvalue weighted by Crippen LogP contribution is 2.32. The van der Waals surface area contributed by atoms with E-state index in [1.54, 1.807) is 36.2 Å².